The third-order valence-electron chi connectivity index (χ3n) is 3.05. The molecule has 3 aromatic rings. The molecule has 98 valence electrons. The molecule has 0 saturated heterocycles. The molecule has 0 amide bonds. The van der Waals surface area contributed by atoms with E-state index >= 15 is 0 Å². The molecule has 20 heavy (non-hydrogen) atoms. The number of carbonyl (C=O) groups is 1. The Bertz CT molecular complexity index is 770. The summed E-state index contributed by atoms with van der Waals surface area (Å²) in [7, 11) is 0. The van der Waals surface area contributed by atoms with Crippen LogP contribution in [0.2, 0.25) is 0 Å². The van der Waals surface area contributed by atoms with Crippen LogP contribution in [0.3, 0.4) is 0 Å². The van der Waals surface area contributed by atoms with Crippen molar-refractivity contribution in [2.45, 2.75) is 0 Å². The summed E-state index contributed by atoms with van der Waals surface area (Å²) in [5.74, 6) is -0.216. The van der Waals surface area contributed by atoms with Crippen LogP contribution in [0, 0.1) is 0 Å². The minimum absolute atomic E-state index is 0.273. The van der Waals surface area contributed by atoms with E-state index in [-0.39, 0.29) is 5.56 Å². The minimum atomic E-state index is -0.929. The molecule has 0 bridgehead atoms. The summed E-state index contributed by atoms with van der Waals surface area (Å²) in [5, 5.41) is 14.0. The highest BCUT2D eigenvalue weighted by atomic mass is 16.4. The second-order valence-electron chi connectivity index (χ2n) is 4.39. The zero-order chi connectivity index (χ0) is 13.9. The standard InChI is InChI=1S/C16H12N2O2/c19-16(20)12-6-7-14-11(10-12)8-9-17-15(14)18-13-4-2-1-3-5-13/h1-10H,(H,17,18)(H,19,20). The first-order chi connectivity index (χ1) is 9.74. The van der Waals surface area contributed by atoms with E-state index in [1.54, 1.807) is 30.5 Å². The quantitative estimate of drug-likeness (QED) is 0.757. The predicted octanol–water partition coefficient (Wildman–Crippen LogP) is 3.68. The van der Waals surface area contributed by atoms with Crippen molar-refractivity contribution in [3.8, 4) is 0 Å². The molecular formula is C16H12N2O2. The zero-order valence-electron chi connectivity index (χ0n) is 10.6. The number of pyridine rings is 1. The Hall–Kier alpha value is -2.88. The summed E-state index contributed by atoms with van der Waals surface area (Å²) >= 11 is 0. The Morgan fingerprint density at radius 1 is 1.05 bits per heavy atom. The van der Waals surface area contributed by atoms with E-state index in [0.717, 1.165) is 16.5 Å². The molecule has 1 heterocycles. The van der Waals surface area contributed by atoms with Crippen LogP contribution in [0.25, 0.3) is 10.8 Å². The Kier molecular flexibility index (Phi) is 3.05. The number of fused-ring (bicyclic) bond motifs is 1. The number of para-hydroxylation sites is 1. The van der Waals surface area contributed by atoms with Gasteiger partial charge in [0.25, 0.3) is 0 Å². The van der Waals surface area contributed by atoms with Gasteiger partial charge in [0, 0.05) is 17.3 Å². The first-order valence-electron chi connectivity index (χ1n) is 6.18. The first-order valence-corrected chi connectivity index (χ1v) is 6.18. The Balaban J connectivity index is 2.06. The number of benzene rings is 2. The molecule has 3 rings (SSSR count). The highest BCUT2D eigenvalue weighted by molar-refractivity contribution is 5.98. The van der Waals surface area contributed by atoms with Crippen molar-refractivity contribution in [3.63, 3.8) is 0 Å². The van der Waals surface area contributed by atoms with Gasteiger partial charge in [0.1, 0.15) is 5.82 Å². The molecule has 2 N–H and O–H groups in total. The molecule has 0 spiro atoms. The molecule has 4 nitrogen and oxygen atoms in total. The molecule has 0 unspecified atom stereocenters. The van der Waals surface area contributed by atoms with Gasteiger partial charge in [-0.05, 0) is 41.8 Å². The van der Waals surface area contributed by atoms with Gasteiger partial charge >= 0.3 is 5.97 Å². The maximum atomic E-state index is 11.0. The van der Waals surface area contributed by atoms with Gasteiger partial charge in [-0.3, -0.25) is 0 Å². The molecule has 2 aromatic carbocycles. The lowest BCUT2D eigenvalue weighted by atomic mass is 10.1. The third kappa shape index (κ3) is 2.31. The summed E-state index contributed by atoms with van der Waals surface area (Å²) in [6, 6.07) is 16.5. The molecule has 0 atom stereocenters. The SMILES string of the molecule is O=C(O)c1ccc2c(Nc3ccccc3)nccc2c1. The van der Waals surface area contributed by atoms with Gasteiger partial charge in [-0.25, -0.2) is 9.78 Å². The van der Waals surface area contributed by atoms with E-state index in [4.69, 9.17) is 5.11 Å². The predicted molar refractivity (Wildman–Crippen MR) is 78.4 cm³/mol. The summed E-state index contributed by atoms with van der Waals surface area (Å²) in [6.45, 7) is 0. The number of anilines is 2. The number of aromatic nitrogens is 1. The van der Waals surface area contributed by atoms with E-state index in [1.807, 2.05) is 30.3 Å². The monoisotopic (exact) mass is 264 g/mol. The van der Waals surface area contributed by atoms with E-state index in [1.165, 1.54) is 0 Å². The number of aromatic carboxylic acids is 1. The summed E-state index contributed by atoms with van der Waals surface area (Å²) < 4.78 is 0. The molecule has 0 aliphatic rings. The van der Waals surface area contributed by atoms with Crippen LogP contribution >= 0.6 is 0 Å². The van der Waals surface area contributed by atoms with Crippen molar-refractivity contribution in [2.75, 3.05) is 5.32 Å². The third-order valence-corrected chi connectivity index (χ3v) is 3.05. The van der Waals surface area contributed by atoms with Gasteiger partial charge in [-0.15, -0.1) is 0 Å². The van der Waals surface area contributed by atoms with Crippen LogP contribution in [-0.4, -0.2) is 16.1 Å². The van der Waals surface area contributed by atoms with Crippen molar-refractivity contribution in [1.29, 1.82) is 0 Å². The maximum Gasteiger partial charge on any atom is 0.335 e. The highest BCUT2D eigenvalue weighted by Crippen LogP contribution is 2.25. The van der Waals surface area contributed by atoms with E-state index < -0.39 is 5.97 Å². The van der Waals surface area contributed by atoms with E-state index in [9.17, 15) is 4.79 Å². The van der Waals surface area contributed by atoms with Crippen LogP contribution < -0.4 is 5.32 Å². The number of carboxylic acids is 1. The van der Waals surface area contributed by atoms with Gasteiger partial charge in [-0.2, -0.15) is 0 Å². The molecule has 4 heteroatoms. The average Bonchev–Trinajstić information content (AvgIpc) is 2.48. The largest absolute Gasteiger partial charge is 0.478 e. The topological polar surface area (TPSA) is 62.2 Å². The average molecular weight is 264 g/mol. The number of nitrogens with one attached hydrogen (secondary N) is 1. The van der Waals surface area contributed by atoms with Crippen molar-refractivity contribution < 1.29 is 9.90 Å². The number of hydrogen-bond donors (Lipinski definition) is 2. The number of hydrogen-bond acceptors (Lipinski definition) is 3. The van der Waals surface area contributed by atoms with Crippen LogP contribution in [0.4, 0.5) is 11.5 Å². The molecule has 1 aromatic heterocycles. The Morgan fingerprint density at radius 3 is 2.60 bits per heavy atom. The first kappa shape index (κ1) is 12.2. The van der Waals surface area contributed by atoms with Crippen molar-refractivity contribution in [1.82, 2.24) is 4.98 Å². The van der Waals surface area contributed by atoms with Gasteiger partial charge in [0.2, 0.25) is 0 Å². The van der Waals surface area contributed by atoms with Gasteiger partial charge in [-0.1, -0.05) is 18.2 Å². The molecule has 0 aliphatic carbocycles. The summed E-state index contributed by atoms with van der Waals surface area (Å²) in [4.78, 5) is 15.3. The second-order valence-corrected chi connectivity index (χ2v) is 4.39. The van der Waals surface area contributed by atoms with Gasteiger partial charge in [0.05, 0.1) is 5.56 Å². The molecule has 0 fully saturated rings. The lowest BCUT2D eigenvalue weighted by Gasteiger charge is -2.09. The molecule has 0 radical (unpaired) electrons. The highest BCUT2D eigenvalue weighted by Gasteiger charge is 2.07. The smallest absolute Gasteiger partial charge is 0.335 e. The Labute approximate surface area is 115 Å². The fourth-order valence-electron chi connectivity index (χ4n) is 2.07. The number of nitrogens with zero attached hydrogens (tertiary/aromatic N) is 1. The summed E-state index contributed by atoms with van der Waals surface area (Å²) in [5.41, 5.74) is 1.21. The fourth-order valence-corrected chi connectivity index (χ4v) is 2.07. The fraction of sp³-hybridized carbons (Fsp3) is 0. The molecule has 0 saturated carbocycles. The zero-order valence-corrected chi connectivity index (χ0v) is 10.6. The van der Waals surface area contributed by atoms with Gasteiger partial charge in [0.15, 0.2) is 0 Å². The van der Waals surface area contributed by atoms with Crippen LogP contribution in [0.1, 0.15) is 10.4 Å². The van der Waals surface area contributed by atoms with E-state index in [2.05, 4.69) is 10.3 Å². The van der Waals surface area contributed by atoms with Crippen molar-refractivity contribution >= 4 is 28.2 Å². The lowest BCUT2D eigenvalue weighted by Crippen LogP contribution is -1.97. The normalized spacial score (nSPS) is 10.4. The molecule has 0 aliphatic heterocycles. The maximum absolute atomic E-state index is 11.0. The van der Waals surface area contributed by atoms with E-state index in [0.29, 0.717) is 5.82 Å². The summed E-state index contributed by atoms with van der Waals surface area (Å²) in [6.07, 6.45) is 1.67. The van der Waals surface area contributed by atoms with Crippen LogP contribution in [-0.2, 0) is 0 Å². The van der Waals surface area contributed by atoms with Gasteiger partial charge < -0.3 is 10.4 Å². The molecular weight excluding hydrogens is 252 g/mol. The van der Waals surface area contributed by atoms with Crippen LogP contribution in [0.5, 0.6) is 0 Å². The minimum Gasteiger partial charge on any atom is -0.478 e. The van der Waals surface area contributed by atoms with Crippen molar-refractivity contribution in [2.24, 2.45) is 0 Å². The number of carboxylic acid groups (broad SMARTS) is 1. The van der Waals surface area contributed by atoms with Crippen molar-refractivity contribution in [3.05, 3.63) is 66.4 Å². The van der Waals surface area contributed by atoms with Crippen LogP contribution in [0.15, 0.2) is 60.8 Å². The Morgan fingerprint density at radius 2 is 1.85 bits per heavy atom. The second kappa shape index (κ2) is 5.01. The lowest BCUT2D eigenvalue weighted by molar-refractivity contribution is 0.0697. The number of rotatable bonds is 3.